The molecule has 0 bridgehead atoms. The number of pyridine rings is 1. The Morgan fingerprint density at radius 1 is 1.63 bits per heavy atom. The normalized spacial score (nSPS) is 23.2. The lowest BCUT2D eigenvalue weighted by molar-refractivity contribution is -0.0445. The van der Waals surface area contributed by atoms with Crippen LogP contribution in [0.2, 0.25) is 0 Å². The number of amides is 1. The number of aromatic nitrogens is 1. The van der Waals surface area contributed by atoms with Crippen molar-refractivity contribution in [3.8, 4) is 0 Å². The summed E-state index contributed by atoms with van der Waals surface area (Å²) in [6.45, 7) is 5.29. The molecule has 1 N–H and O–H groups in total. The average Bonchev–Trinajstić information content (AvgIpc) is 2.46. The van der Waals surface area contributed by atoms with Crippen LogP contribution in [0.15, 0.2) is 18.3 Å². The molecule has 1 aliphatic heterocycles. The molecule has 5 nitrogen and oxygen atoms in total. The van der Waals surface area contributed by atoms with E-state index in [1.807, 2.05) is 24.9 Å². The maximum Gasteiger partial charge on any atom is 0.272 e. The van der Waals surface area contributed by atoms with E-state index in [9.17, 15) is 4.79 Å². The quantitative estimate of drug-likeness (QED) is 0.903. The third-order valence-corrected chi connectivity index (χ3v) is 3.47. The van der Waals surface area contributed by atoms with Gasteiger partial charge in [0.2, 0.25) is 0 Å². The molecule has 2 heterocycles. The van der Waals surface area contributed by atoms with E-state index in [-0.39, 0.29) is 18.1 Å². The summed E-state index contributed by atoms with van der Waals surface area (Å²) in [6, 6.07) is 3.77. The third kappa shape index (κ3) is 3.04. The maximum absolute atomic E-state index is 12.6. The Morgan fingerprint density at radius 3 is 3.11 bits per heavy atom. The van der Waals surface area contributed by atoms with Gasteiger partial charge in [-0.1, -0.05) is 6.92 Å². The van der Waals surface area contributed by atoms with Gasteiger partial charge in [-0.25, -0.2) is 0 Å². The molecular weight excluding hydrogens is 242 g/mol. The molecule has 2 rings (SSSR count). The molecule has 1 aromatic heterocycles. The molecule has 1 amide bonds. The summed E-state index contributed by atoms with van der Waals surface area (Å²) in [4.78, 5) is 18.6. The van der Waals surface area contributed by atoms with Crippen LogP contribution in [-0.2, 0) is 4.74 Å². The summed E-state index contributed by atoms with van der Waals surface area (Å²) in [5.74, 6) is -0.0147. The minimum absolute atomic E-state index is 0.0147. The lowest BCUT2D eigenvalue weighted by Gasteiger charge is -2.38. The number of carbonyl (C=O) groups excluding carboxylic acids is 1. The zero-order chi connectivity index (χ0) is 13.8. The Kier molecular flexibility index (Phi) is 4.37. The van der Waals surface area contributed by atoms with Crippen molar-refractivity contribution in [3.05, 3.63) is 24.0 Å². The van der Waals surface area contributed by atoms with Gasteiger partial charge in [-0.2, -0.15) is 0 Å². The van der Waals surface area contributed by atoms with Crippen molar-refractivity contribution in [1.29, 1.82) is 0 Å². The standard InChI is InChI=1S/C14H21N3O2/c1-4-12-9-19-10(2)8-17(12)14(18)13-7-11(15-3)5-6-16-13/h5-7,10,12H,4,8-9H2,1-3H3,(H,15,16). The molecule has 1 aliphatic rings. The van der Waals surface area contributed by atoms with Crippen LogP contribution in [0.3, 0.4) is 0 Å². The van der Waals surface area contributed by atoms with Gasteiger partial charge in [0.05, 0.1) is 18.8 Å². The highest BCUT2D eigenvalue weighted by Gasteiger charge is 2.30. The largest absolute Gasteiger partial charge is 0.388 e. The Bertz CT molecular complexity index is 450. The van der Waals surface area contributed by atoms with Gasteiger partial charge in [0.15, 0.2) is 0 Å². The number of ether oxygens (including phenoxy) is 1. The van der Waals surface area contributed by atoms with Gasteiger partial charge in [-0.15, -0.1) is 0 Å². The van der Waals surface area contributed by atoms with Gasteiger partial charge in [-0.3, -0.25) is 9.78 Å². The maximum atomic E-state index is 12.6. The van der Waals surface area contributed by atoms with Gasteiger partial charge >= 0.3 is 0 Å². The van der Waals surface area contributed by atoms with Gasteiger partial charge in [0, 0.05) is 25.5 Å². The molecule has 19 heavy (non-hydrogen) atoms. The number of morpholine rings is 1. The van der Waals surface area contributed by atoms with Crippen LogP contribution < -0.4 is 5.32 Å². The zero-order valence-electron chi connectivity index (χ0n) is 11.7. The van der Waals surface area contributed by atoms with Gasteiger partial charge in [0.25, 0.3) is 5.91 Å². The van der Waals surface area contributed by atoms with Crippen LogP contribution in [0, 0.1) is 0 Å². The summed E-state index contributed by atoms with van der Waals surface area (Å²) in [7, 11) is 1.83. The summed E-state index contributed by atoms with van der Waals surface area (Å²) < 4.78 is 5.62. The number of nitrogens with zero attached hydrogens (tertiary/aromatic N) is 2. The molecule has 1 fully saturated rings. The molecule has 0 spiro atoms. The molecule has 2 atom stereocenters. The van der Waals surface area contributed by atoms with E-state index in [0.29, 0.717) is 18.8 Å². The molecular formula is C14H21N3O2. The van der Waals surface area contributed by atoms with E-state index in [0.717, 1.165) is 12.1 Å². The van der Waals surface area contributed by atoms with Crippen molar-refractivity contribution in [2.45, 2.75) is 32.4 Å². The van der Waals surface area contributed by atoms with Crippen molar-refractivity contribution < 1.29 is 9.53 Å². The molecule has 0 aromatic carbocycles. The van der Waals surface area contributed by atoms with Crippen LogP contribution in [0.5, 0.6) is 0 Å². The van der Waals surface area contributed by atoms with Crippen molar-refractivity contribution in [1.82, 2.24) is 9.88 Å². The fourth-order valence-corrected chi connectivity index (χ4v) is 2.28. The first-order valence-electron chi connectivity index (χ1n) is 6.72. The summed E-state index contributed by atoms with van der Waals surface area (Å²) in [6.07, 6.45) is 2.63. The summed E-state index contributed by atoms with van der Waals surface area (Å²) >= 11 is 0. The Morgan fingerprint density at radius 2 is 2.42 bits per heavy atom. The molecule has 0 saturated carbocycles. The highest BCUT2D eigenvalue weighted by molar-refractivity contribution is 5.93. The summed E-state index contributed by atoms with van der Waals surface area (Å²) in [5.41, 5.74) is 1.38. The predicted octanol–water partition coefficient (Wildman–Crippen LogP) is 1.76. The van der Waals surface area contributed by atoms with E-state index in [2.05, 4.69) is 17.2 Å². The zero-order valence-corrected chi connectivity index (χ0v) is 11.7. The number of rotatable bonds is 3. The smallest absolute Gasteiger partial charge is 0.272 e. The van der Waals surface area contributed by atoms with Crippen molar-refractivity contribution in [3.63, 3.8) is 0 Å². The first-order chi connectivity index (χ1) is 9.15. The average molecular weight is 263 g/mol. The lowest BCUT2D eigenvalue weighted by atomic mass is 10.1. The van der Waals surface area contributed by atoms with Crippen molar-refractivity contribution in [2.24, 2.45) is 0 Å². The molecule has 2 unspecified atom stereocenters. The molecule has 5 heteroatoms. The molecule has 104 valence electrons. The summed E-state index contributed by atoms with van der Waals surface area (Å²) in [5, 5.41) is 3.02. The van der Waals surface area contributed by atoms with Crippen molar-refractivity contribution >= 4 is 11.6 Å². The van der Waals surface area contributed by atoms with E-state index in [4.69, 9.17) is 4.74 Å². The first-order valence-corrected chi connectivity index (χ1v) is 6.72. The lowest BCUT2D eigenvalue weighted by Crippen LogP contribution is -2.51. The van der Waals surface area contributed by atoms with Gasteiger partial charge in [0.1, 0.15) is 5.69 Å². The van der Waals surface area contributed by atoms with E-state index in [1.54, 1.807) is 12.3 Å². The first kappa shape index (κ1) is 13.8. The molecule has 1 saturated heterocycles. The second-order valence-electron chi connectivity index (χ2n) is 4.84. The SMILES string of the molecule is CCC1COC(C)CN1C(=O)c1cc(NC)ccn1. The minimum Gasteiger partial charge on any atom is -0.388 e. The molecule has 1 aromatic rings. The number of carbonyl (C=O) groups is 1. The fraction of sp³-hybridized carbons (Fsp3) is 0.571. The van der Waals surface area contributed by atoms with E-state index < -0.39 is 0 Å². The van der Waals surface area contributed by atoms with Crippen LogP contribution in [0.1, 0.15) is 30.8 Å². The third-order valence-electron chi connectivity index (χ3n) is 3.47. The van der Waals surface area contributed by atoms with Gasteiger partial charge < -0.3 is 15.0 Å². The van der Waals surface area contributed by atoms with Crippen LogP contribution in [0.4, 0.5) is 5.69 Å². The van der Waals surface area contributed by atoms with E-state index in [1.165, 1.54) is 0 Å². The fourth-order valence-electron chi connectivity index (χ4n) is 2.28. The molecule has 0 aliphatic carbocycles. The van der Waals surface area contributed by atoms with E-state index >= 15 is 0 Å². The second kappa shape index (κ2) is 6.02. The highest BCUT2D eigenvalue weighted by atomic mass is 16.5. The topological polar surface area (TPSA) is 54.5 Å². The Hall–Kier alpha value is -1.62. The molecule has 0 radical (unpaired) electrons. The van der Waals surface area contributed by atoms with Gasteiger partial charge in [-0.05, 0) is 25.5 Å². The van der Waals surface area contributed by atoms with Crippen molar-refractivity contribution in [2.75, 3.05) is 25.5 Å². The second-order valence-corrected chi connectivity index (χ2v) is 4.84. The minimum atomic E-state index is -0.0147. The monoisotopic (exact) mass is 263 g/mol. The number of nitrogens with one attached hydrogen (secondary N) is 1. The number of hydrogen-bond acceptors (Lipinski definition) is 4. The Balaban J connectivity index is 2.20. The Labute approximate surface area is 114 Å². The van der Waals surface area contributed by atoms with Crippen LogP contribution in [0.25, 0.3) is 0 Å². The van der Waals surface area contributed by atoms with Crippen LogP contribution in [-0.4, -0.2) is 48.1 Å². The number of hydrogen-bond donors (Lipinski definition) is 1. The number of anilines is 1. The predicted molar refractivity (Wildman–Crippen MR) is 74.3 cm³/mol. The highest BCUT2D eigenvalue weighted by Crippen LogP contribution is 2.18. The van der Waals surface area contributed by atoms with Crippen LogP contribution >= 0.6 is 0 Å².